The fourth-order valence-electron chi connectivity index (χ4n) is 3.33. The molecule has 0 radical (unpaired) electrons. The molecule has 160 valence electrons. The molecule has 0 fully saturated rings. The van der Waals surface area contributed by atoms with E-state index in [1.165, 1.54) is 19.2 Å². The van der Waals surface area contributed by atoms with E-state index in [-0.39, 0.29) is 4.90 Å². The second-order valence-corrected chi connectivity index (χ2v) is 8.66. The van der Waals surface area contributed by atoms with Crippen LogP contribution < -0.4 is 14.2 Å². The predicted octanol–water partition coefficient (Wildman–Crippen LogP) is 4.52. The highest BCUT2D eigenvalue weighted by molar-refractivity contribution is 7.92. The number of anilines is 1. The summed E-state index contributed by atoms with van der Waals surface area (Å²) in [5.74, 6) is 1.03. The number of hydrogen-bond acceptors (Lipinski definition) is 5. The Balaban J connectivity index is 1.69. The molecule has 0 atom stereocenters. The van der Waals surface area contributed by atoms with E-state index in [9.17, 15) is 8.42 Å². The summed E-state index contributed by atoms with van der Waals surface area (Å²) < 4.78 is 41.2. The van der Waals surface area contributed by atoms with E-state index in [0.29, 0.717) is 23.8 Å². The van der Waals surface area contributed by atoms with Gasteiger partial charge in [0, 0.05) is 18.0 Å². The molecule has 0 amide bonds. The number of ether oxygens (including phenoxy) is 2. The zero-order valence-corrected chi connectivity index (χ0v) is 18.3. The highest BCUT2D eigenvalue weighted by Gasteiger charge is 2.18. The molecule has 0 aliphatic carbocycles. The van der Waals surface area contributed by atoms with Crippen molar-refractivity contribution in [3.05, 3.63) is 72.6 Å². The van der Waals surface area contributed by atoms with Gasteiger partial charge in [-0.1, -0.05) is 6.07 Å². The summed E-state index contributed by atoms with van der Waals surface area (Å²) in [6.07, 6.45) is 3.84. The first-order valence-electron chi connectivity index (χ1n) is 9.79. The molecule has 0 saturated heterocycles. The van der Waals surface area contributed by atoms with Crippen molar-refractivity contribution in [1.82, 2.24) is 9.38 Å². The number of sulfonamides is 1. The maximum atomic E-state index is 12.9. The lowest BCUT2D eigenvalue weighted by molar-refractivity contribution is 0.340. The van der Waals surface area contributed by atoms with Gasteiger partial charge >= 0.3 is 0 Å². The fraction of sp³-hybridized carbons (Fsp3) is 0.174. The number of rotatable bonds is 7. The van der Waals surface area contributed by atoms with Crippen LogP contribution in [0.2, 0.25) is 0 Å². The van der Waals surface area contributed by atoms with Gasteiger partial charge in [-0.15, -0.1) is 0 Å². The zero-order valence-electron chi connectivity index (χ0n) is 17.5. The first kappa shape index (κ1) is 20.7. The Hall–Kier alpha value is -3.52. The van der Waals surface area contributed by atoms with Crippen LogP contribution in [0.25, 0.3) is 16.9 Å². The van der Waals surface area contributed by atoms with Crippen LogP contribution in [-0.2, 0) is 10.0 Å². The number of benzene rings is 2. The lowest BCUT2D eigenvalue weighted by atomic mass is 10.1. The van der Waals surface area contributed by atoms with Crippen LogP contribution in [0.1, 0.15) is 12.5 Å². The SMILES string of the molecule is CCOc1ccc(S(=O)(=O)Nc2cc(-c3cn4cccc(C)c4n3)ccc2OC)cc1. The lowest BCUT2D eigenvalue weighted by Crippen LogP contribution is -2.13. The average Bonchev–Trinajstić information content (AvgIpc) is 3.20. The third-order valence-electron chi connectivity index (χ3n) is 4.86. The smallest absolute Gasteiger partial charge is 0.262 e. The van der Waals surface area contributed by atoms with Crippen molar-refractivity contribution in [3.8, 4) is 22.8 Å². The number of nitrogens with zero attached hydrogens (tertiary/aromatic N) is 2. The van der Waals surface area contributed by atoms with E-state index in [4.69, 9.17) is 14.5 Å². The van der Waals surface area contributed by atoms with Crippen molar-refractivity contribution in [2.75, 3.05) is 18.4 Å². The summed E-state index contributed by atoms with van der Waals surface area (Å²) in [5.41, 5.74) is 3.75. The van der Waals surface area contributed by atoms with Crippen molar-refractivity contribution < 1.29 is 17.9 Å². The maximum absolute atomic E-state index is 12.9. The maximum Gasteiger partial charge on any atom is 0.262 e. The van der Waals surface area contributed by atoms with Gasteiger partial charge in [0.15, 0.2) is 0 Å². The number of aromatic nitrogens is 2. The molecule has 0 bridgehead atoms. The summed E-state index contributed by atoms with van der Waals surface area (Å²) in [4.78, 5) is 4.82. The second-order valence-electron chi connectivity index (χ2n) is 6.97. The zero-order chi connectivity index (χ0) is 22.0. The summed E-state index contributed by atoms with van der Waals surface area (Å²) >= 11 is 0. The molecule has 0 unspecified atom stereocenters. The van der Waals surface area contributed by atoms with Crippen LogP contribution >= 0.6 is 0 Å². The first-order valence-corrected chi connectivity index (χ1v) is 11.3. The van der Waals surface area contributed by atoms with Crippen molar-refractivity contribution >= 4 is 21.4 Å². The molecule has 1 N–H and O–H groups in total. The largest absolute Gasteiger partial charge is 0.495 e. The average molecular weight is 438 g/mol. The summed E-state index contributed by atoms with van der Waals surface area (Å²) in [7, 11) is -2.32. The molecule has 8 heteroatoms. The van der Waals surface area contributed by atoms with Crippen LogP contribution in [0, 0.1) is 6.92 Å². The van der Waals surface area contributed by atoms with Gasteiger partial charge in [0.2, 0.25) is 0 Å². The predicted molar refractivity (Wildman–Crippen MR) is 120 cm³/mol. The van der Waals surface area contributed by atoms with Crippen molar-refractivity contribution in [2.24, 2.45) is 0 Å². The molecule has 0 aliphatic heterocycles. The van der Waals surface area contributed by atoms with Gasteiger partial charge in [0.1, 0.15) is 17.1 Å². The molecule has 0 saturated carbocycles. The Morgan fingerprint density at radius 2 is 1.87 bits per heavy atom. The monoisotopic (exact) mass is 437 g/mol. The van der Waals surface area contributed by atoms with Gasteiger partial charge in [-0.25, -0.2) is 13.4 Å². The molecule has 4 aromatic rings. The van der Waals surface area contributed by atoms with Crippen LogP contribution in [0.4, 0.5) is 5.69 Å². The van der Waals surface area contributed by atoms with Gasteiger partial charge in [-0.05, 0) is 67.9 Å². The Kier molecular flexibility index (Phi) is 5.56. The number of imidazole rings is 1. The summed E-state index contributed by atoms with van der Waals surface area (Å²) in [5, 5.41) is 0. The molecule has 7 nitrogen and oxygen atoms in total. The number of aryl methyl sites for hydroxylation is 1. The molecular weight excluding hydrogens is 414 g/mol. The molecule has 2 aromatic carbocycles. The molecule has 31 heavy (non-hydrogen) atoms. The minimum atomic E-state index is -3.82. The van der Waals surface area contributed by atoms with Crippen LogP contribution in [0.3, 0.4) is 0 Å². The third kappa shape index (κ3) is 4.20. The standard InChI is InChI=1S/C23H23N3O4S/c1-4-30-18-8-10-19(11-9-18)31(27,28)25-20-14-17(7-12-22(20)29-3)21-15-26-13-5-6-16(2)23(26)24-21/h5-15,25H,4H2,1-3H3. The molecule has 2 heterocycles. The molecule has 4 rings (SSSR count). The van der Waals surface area contributed by atoms with Gasteiger partial charge < -0.3 is 13.9 Å². The van der Waals surface area contributed by atoms with Gasteiger partial charge in [-0.2, -0.15) is 0 Å². The Bertz CT molecular complexity index is 1330. The molecular formula is C23H23N3O4S. The van der Waals surface area contributed by atoms with E-state index in [1.54, 1.807) is 24.3 Å². The lowest BCUT2D eigenvalue weighted by Gasteiger charge is -2.13. The fourth-order valence-corrected chi connectivity index (χ4v) is 4.39. The van der Waals surface area contributed by atoms with Crippen molar-refractivity contribution in [2.45, 2.75) is 18.7 Å². The van der Waals surface area contributed by atoms with E-state index >= 15 is 0 Å². The van der Waals surface area contributed by atoms with Gasteiger partial charge in [-0.3, -0.25) is 4.72 Å². The van der Waals surface area contributed by atoms with E-state index in [0.717, 1.165) is 22.5 Å². The van der Waals surface area contributed by atoms with Crippen molar-refractivity contribution in [3.63, 3.8) is 0 Å². The summed E-state index contributed by atoms with van der Waals surface area (Å²) in [6.45, 7) is 4.38. The van der Waals surface area contributed by atoms with E-state index < -0.39 is 10.0 Å². The third-order valence-corrected chi connectivity index (χ3v) is 6.24. The van der Waals surface area contributed by atoms with Crippen LogP contribution in [-0.4, -0.2) is 31.5 Å². The number of nitrogens with one attached hydrogen (secondary N) is 1. The highest BCUT2D eigenvalue weighted by Crippen LogP contribution is 2.32. The topological polar surface area (TPSA) is 81.9 Å². The Morgan fingerprint density at radius 1 is 1.10 bits per heavy atom. The molecule has 2 aromatic heterocycles. The number of methoxy groups -OCH3 is 1. The second kappa shape index (κ2) is 8.31. The van der Waals surface area contributed by atoms with Crippen molar-refractivity contribution in [1.29, 1.82) is 0 Å². The number of hydrogen-bond donors (Lipinski definition) is 1. The normalized spacial score (nSPS) is 11.5. The van der Waals surface area contributed by atoms with Gasteiger partial charge in [0.05, 0.1) is 30.0 Å². The number of fused-ring (bicyclic) bond motifs is 1. The highest BCUT2D eigenvalue weighted by atomic mass is 32.2. The number of pyridine rings is 1. The van der Waals surface area contributed by atoms with Crippen LogP contribution in [0.5, 0.6) is 11.5 Å². The minimum absolute atomic E-state index is 0.131. The Labute approximate surface area is 181 Å². The minimum Gasteiger partial charge on any atom is -0.495 e. The van der Waals surface area contributed by atoms with Crippen LogP contribution in [0.15, 0.2) is 71.9 Å². The Morgan fingerprint density at radius 3 is 2.55 bits per heavy atom. The van der Waals surface area contributed by atoms with E-state index in [1.807, 2.05) is 48.8 Å². The van der Waals surface area contributed by atoms with E-state index in [2.05, 4.69) is 4.72 Å². The molecule has 0 aliphatic rings. The first-order chi connectivity index (χ1) is 14.9. The summed E-state index contributed by atoms with van der Waals surface area (Å²) in [6, 6.07) is 15.5. The quantitative estimate of drug-likeness (QED) is 0.460. The molecule has 0 spiro atoms. The van der Waals surface area contributed by atoms with Gasteiger partial charge in [0.25, 0.3) is 10.0 Å².